The van der Waals surface area contributed by atoms with Gasteiger partial charge in [0.2, 0.25) is 10.0 Å². The van der Waals surface area contributed by atoms with Crippen molar-refractivity contribution in [2.45, 2.75) is 83.4 Å². The zero-order valence-electron chi connectivity index (χ0n) is 19.6. The number of rotatable bonds is 6. The number of aryl methyl sites for hydroxylation is 1. The van der Waals surface area contributed by atoms with Gasteiger partial charge in [0.05, 0.1) is 28.7 Å². The molecule has 180 valence electrons. The van der Waals surface area contributed by atoms with E-state index in [1.54, 1.807) is 11.2 Å². The number of hydrogen-bond donors (Lipinski definition) is 1. The molecule has 1 aliphatic carbocycles. The molecule has 2 aromatic rings. The summed E-state index contributed by atoms with van der Waals surface area (Å²) in [4.78, 5) is 10.8. The van der Waals surface area contributed by atoms with Crippen LogP contribution in [0, 0.1) is 0 Å². The average molecular weight is 475 g/mol. The fourth-order valence-electron chi connectivity index (χ4n) is 5.37. The van der Waals surface area contributed by atoms with Crippen LogP contribution < -0.4 is 5.32 Å². The number of piperidine rings is 1. The van der Waals surface area contributed by atoms with Crippen molar-refractivity contribution in [3.63, 3.8) is 0 Å². The van der Waals surface area contributed by atoms with E-state index < -0.39 is 15.6 Å². The van der Waals surface area contributed by atoms with E-state index in [0.717, 1.165) is 34.5 Å². The van der Waals surface area contributed by atoms with Crippen LogP contribution in [0.1, 0.15) is 70.8 Å². The zero-order chi connectivity index (χ0) is 23.1. The minimum atomic E-state index is -3.17. The Balaban J connectivity index is 1.41. The van der Waals surface area contributed by atoms with Gasteiger partial charge in [-0.2, -0.15) is 5.10 Å². The number of oxime groups is 1. The van der Waals surface area contributed by atoms with Crippen molar-refractivity contribution in [3.8, 4) is 0 Å². The Labute approximate surface area is 195 Å². The minimum absolute atomic E-state index is 0.135. The van der Waals surface area contributed by atoms with Crippen molar-refractivity contribution < 1.29 is 13.3 Å². The molecule has 2 fully saturated rings. The standard InChI is InChI=1S/C23H34N6O3S/c1-3-29-22-19(16-25-29)21(26-17-8-6-5-7-9-17)18(15-24-22)20-14-23(32-27-20)10-12-28(13-11-23)33(30,31)4-2/h15-17H,3-14H2,1-2H3,(H,24,26). The average Bonchev–Trinajstić information content (AvgIpc) is 3.45. The van der Waals surface area contributed by atoms with Gasteiger partial charge < -0.3 is 10.2 Å². The number of nitrogens with one attached hydrogen (secondary N) is 1. The number of pyridine rings is 1. The summed E-state index contributed by atoms with van der Waals surface area (Å²) in [6, 6.07) is 0.437. The first kappa shape index (κ1) is 22.6. The summed E-state index contributed by atoms with van der Waals surface area (Å²) in [7, 11) is -3.17. The second-order valence-corrected chi connectivity index (χ2v) is 11.8. The number of aromatic nitrogens is 3. The van der Waals surface area contributed by atoms with E-state index in [1.165, 1.54) is 32.1 Å². The van der Waals surface area contributed by atoms with Crippen LogP contribution in [-0.4, -0.2) is 63.7 Å². The molecule has 5 rings (SSSR count). The molecule has 0 bridgehead atoms. The van der Waals surface area contributed by atoms with Gasteiger partial charge in [0.15, 0.2) is 5.65 Å². The number of hydrogen-bond acceptors (Lipinski definition) is 7. The van der Waals surface area contributed by atoms with Crippen molar-refractivity contribution in [3.05, 3.63) is 18.0 Å². The number of nitrogens with zero attached hydrogens (tertiary/aromatic N) is 5. The number of fused-ring (bicyclic) bond motifs is 1. The number of anilines is 1. The van der Waals surface area contributed by atoms with E-state index in [0.29, 0.717) is 38.4 Å². The van der Waals surface area contributed by atoms with Gasteiger partial charge >= 0.3 is 0 Å². The summed E-state index contributed by atoms with van der Waals surface area (Å²) in [5.41, 5.74) is 3.37. The fourth-order valence-corrected chi connectivity index (χ4v) is 6.48. The van der Waals surface area contributed by atoms with Crippen LogP contribution in [0.15, 0.2) is 17.5 Å². The van der Waals surface area contributed by atoms with Crippen molar-refractivity contribution in [2.75, 3.05) is 24.2 Å². The molecular formula is C23H34N6O3S. The van der Waals surface area contributed by atoms with E-state index in [1.807, 2.05) is 17.1 Å². The molecule has 1 spiro atoms. The molecule has 0 unspecified atom stereocenters. The maximum absolute atomic E-state index is 12.3. The third-order valence-electron chi connectivity index (χ3n) is 7.46. The third-order valence-corrected chi connectivity index (χ3v) is 9.34. The Morgan fingerprint density at radius 3 is 2.61 bits per heavy atom. The van der Waals surface area contributed by atoms with E-state index in [4.69, 9.17) is 9.82 Å². The molecule has 10 heteroatoms. The molecular weight excluding hydrogens is 440 g/mol. The van der Waals surface area contributed by atoms with Crippen LogP contribution in [-0.2, 0) is 21.4 Å². The molecule has 1 N–H and O–H groups in total. The monoisotopic (exact) mass is 474 g/mol. The lowest BCUT2D eigenvalue weighted by molar-refractivity contribution is -0.0506. The predicted molar refractivity (Wildman–Crippen MR) is 129 cm³/mol. The van der Waals surface area contributed by atoms with Gasteiger partial charge in [-0.1, -0.05) is 24.4 Å². The van der Waals surface area contributed by atoms with Crippen LogP contribution in [0.2, 0.25) is 0 Å². The lowest BCUT2D eigenvalue weighted by Crippen LogP contribution is -2.47. The maximum atomic E-state index is 12.3. The molecule has 0 atom stereocenters. The summed E-state index contributed by atoms with van der Waals surface area (Å²) in [5.74, 6) is 0.135. The van der Waals surface area contributed by atoms with Crippen molar-refractivity contribution in [1.82, 2.24) is 19.1 Å². The molecule has 2 aromatic heterocycles. The Kier molecular flexibility index (Phi) is 6.07. The van der Waals surface area contributed by atoms with Gasteiger partial charge in [-0.25, -0.2) is 22.4 Å². The quantitative estimate of drug-likeness (QED) is 0.688. The minimum Gasteiger partial charge on any atom is -0.388 e. The molecule has 9 nitrogen and oxygen atoms in total. The first-order valence-corrected chi connectivity index (χ1v) is 13.9. The van der Waals surface area contributed by atoms with E-state index in [-0.39, 0.29) is 5.75 Å². The molecule has 1 saturated heterocycles. The van der Waals surface area contributed by atoms with Crippen LogP contribution in [0.4, 0.5) is 5.69 Å². The molecule has 3 aliphatic rings. The number of sulfonamides is 1. The third kappa shape index (κ3) is 4.23. The molecule has 0 aromatic carbocycles. The van der Waals surface area contributed by atoms with Gasteiger partial charge in [-0.3, -0.25) is 0 Å². The fraction of sp³-hybridized carbons (Fsp3) is 0.696. The highest BCUT2D eigenvalue weighted by atomic mass is 32.2. The second kappa shape index (κ2) is 8.87. The smallest absolute Gasteiger partial charge is 0.213 e. The Morgan fingerprint density at radius 1 is 1.15 bits per heavy atom. The second-order valence-electron chi connectivity index (χ2n) is 9.51. The summed E-state index contributed by atoms with van der Waals surface area (Å²) < 4.78 is 28.0. The highest BCUT2D eigenvalue weighted by molar-refractivity contribution is 7.89. The first-order chi connectivity index (χ1) is 15.9. The van der Waals surface area contributed by atoms with E-state index >= 15 is 0 Å². The van der Waals surface area contributed by atoms with Crippen molar-refractivity contribution in [1.29, 1.82) is 0 Å². The van der Waals surface area contributed by atoms with Gasteiger partial charge in [-0.05, 0) is 26.7 Å². The first-order valence-electron chi connectivity index (χ1n) is 12.3. The molecule has 0 amide bonds. The summed E-state index contributed by atoms with van der Waals surface area (Å²) in [6.07, 6.45) is 11.9. The molecule has 4 heterocycles. The summed E-state index contributed by atoms with van der Waals surface area (Å²) in [6.45, 7) is 5.49. The normalized spacial score (nSPS) is 21.9. The SMILES string of the molecule is CCn1ncc2c(NC3CCCCC3)c(C3=NOC4(CCN(S(=O)(=O)CC)CC4)C3)cnc21. The molecule has 33 heavy (non-hydrogen) atoms. The van der Waals surface area contributed by atoms with Crippen LogP contribution >= 0.6 is 0 Å². The molecule has 2 aliphatic heterocycles. The Bertz CT molecular complexity index is 1140. The molecule has 1 saturated carbocycles. The van der Waals surface area contributed by atoms with Gasteiger partial charge in [-0.15, -0.1) is 0 Å². The van der Waals surface area contributed by atoms with Crippen molar-refractivity contribution >= 4 is 32.5 Å². The lowest BCUT2D eigenvalue weighted by atomic mass is 9.86. The van der Waals surface area contributed by atoms with Crippen LogP contribution in [0.5, 0.6) is 0 Å². The highest BCUT2D eigenvalue weighted by Crippen LogP contribution is 2.39. The zero-order valence-corrected chi connectivity index (χ0v) is 20.4. The van der Waals surface area contributed by atoms with Gasteiger partial charge in [0, 0.05) is 56.7 Å². The Hall–Kier alpha value is -2.20. The molecule has 0 radical (unpaired) electrons. The topological polar surface area (TPSA) is 102 Å². The van der Waals surface area contributed by atoms with Crippen LogP contribution in [0.3, 0.4) is 0 Å². The predicted octanol–water partition coefficient (Wildman–Crippen LogP) is 3.50. The highest BCUT2D eigenvalue weighted by Gasteiger charge is 2.44. The van der Waals surface area contributed by atoms with Crippen LogP contribution in [0.25, 0.3) is 11.0 Å². The van der Waals surface area contributed by atoms with E-state index in [9.17, 15) is 8.42 Å². The summed E-state index contributed by atoms with van der Waals surface area (Å²) >= 11 is 0. The van der Waals surface area contributed by atoms with E-state index in [2.05, 4.69) is 22.5 Å². The maximum Gasteiger partial charge on any atom is 0.213 e. The Morgan fingerprint density at radius 2 is 1.91 bits per heavy atom. The lowest BCUT2D eigenvalue weighted by Gasteiger charge is -2.36. The largest absolute Gasteiger partial charge is 0.388 e. The van der Waals surface area contributed by atoms with Gasteiger partial charge in [0.25, 0.3) is 0 Å². The van der Waals surface area contributed by atoms with Gasteiger partial charge in [0.1, 0.15) is 5.60 Å². The van der Waals surface area contributed by atoms with Crippen molar-refractivity contribution in [2.24, 2.45) is 5.16 Å². The summed E-state index contributed by atoms with van der Waals surface area (Å²) in [5, 5.41) is 13.9.